The average molecular weight is 491 g/mol. The topological polar surface area (TPSA) is 77.1 Å². The second-order valence-electron chi connectivity index (χ2n) is 8.71. The number of hydrogen-bond donors (Lipinski definition) is 1. The first-order valence-electron chi connectivity index (χ1n) is 11.9. The summed E-state index contributed by atoms with van der Waals surface area (Å²) in [6.45, 7) is 3.83. The fourth-order valence-electron chi connectivity index (χ4n) is 3.81. The normalized spacial score (nSPS) is 11.5. The number of carbonyl (C=O) groups is 2. The lowest BCUT2D eigenvalue weighted by Gasteiger charge is -2.32. The number of nitrogens with one attached hydrogen (secondary N) is 1. The van der Waals surface area contributed by atoms with Gasteiger partial charge in [-0.2, -0.15) is 0 Å². The largest absolute Gasteiger partial charge is 0.496 e. The highest BCUT2D eigenvalue weighted by molar-refractivity contribution is 5.88. The van der Waals surface area contributed by atoms with Crippen LogP contribution in [0, 0.1) is 0 Å². The Morgan fingerprint density at radius 1 is 0.806 bits per heavy atom. The fraction of sp³-hybridized carbons (Fsp3) is 0.310. The molecule has 0 bridgehead atoms. The average Bonchev–Trinajstić information content (AvgIpc) is 2.89. The van der Waals surface area contributed by atoms with Crippen molar-refractivity contribution in [2.45, 2.75) is 38.9 Å². The van der Waals surface area contributed by atoms with Crippen molar-refractivity contribution in [3.05, 3.63) is 90.0 Å². The molecule has 0 aliphatic heterocycles. The van der Waals surface area contributed by atoms with E-state index >= 15 is 0 Å². The Hall–Kier alpha value is -4.00. The molecule has 0 unspecified atom stereocenters. The minimum atomic E-state index is -0.717. The lowest BCUT2D eigenvalue weighted by molar-refractivity contribution is -0.143. The highest BCUT2D eigenvalue weighted by Gasteiger charge is 2.31. The Kier molecular flexibility index (Phi) is 9.74. The third-order valence-corrected chi connectivity index (χ3v) is 5.59. The summed E-state index contributed by atoms with van der Waals surface area (Å²) < 4.78 is 16.4. The monoisotopic (exact) mass is 490 g/mol. The summed E-state index contributed by atoms with van der Waals surface area (Å²) in [7, 11) is 3.10. The minimum absolute atomic E-state index is 0.0649. The Morgan fingerprint density at radius 3 is 1.86 bits per heavy atom. The van der Waals surface area contributed by atoms with E-state index in [1.54, 1.807) is 37.3 Å². The number of nitrogens with zero attached hydrogens (tertiary/aromatic N) is 1. The molecule has 0 aromatic heterocycles. The van der Waals surface area contributed by atoms with Crippen molar-refractivity contribution in [3.8, 4) is 17.2 Å². The molecule has 7 heteroatoms. The van der Waals surface area contributed by atoms with Gasteiger partial charge in [0.2, 0.25) is 5.91 Å². The number of hydrogen-bond acceptors (Lipinski definition) is 5. The Bertz CT molecular complexity index is 1100. The van der Waals surface area contributed by atoms with Gasteiger partial charge in [0.1, 0.15) is 23.3 Å². The molecule has 0 saturated heterocycles. The molecule has 0 heterocycles. The van der Waals surface area contributed by atoms with E-state index in [1.165, 1.54) is 0 Å². The molecular weight excluding hydrogens is 456 g/mol. The predicted molar refractivity (Wildman–Crippen MR) is 139 cm³/mol. The van der Waals surface area contributed by atoms with Gasteiger partial charge in [0.25, 0.3) is 5.91 Å². The van der Waals surface area contributed by atoms with E-state index in [0.29, 0.717) is 23.7 Å². The van der Waals surface area contributed by atoms with Crippen LogP contribution in [0.4, 0.5) is 0 Å². The zero-order valence-corrected chi connectivity index (χ0v) is 21.3. The summed E-state index contributed by atoms with van der Waals surface area (Å²) in [5.74, 6) is 1.03. The number of carbonyl (C=O) groups excluding carboxylic acids is 2. The van der Waals surface area contributed by atoms with E-state index in [1.807, 2.05) is 74.5 Å². The van der Waals surface area contributed by atoms with Gasteiger partial charge in [-0.15, -0.1) is 0 Å². The molecule has 2 amide bonds. The van der Waals surface area contributed by atoms with Crippen molar-refractivity contribution in [2.24, 2.45) is 0 Å². The SMILES string of the molecule is COc1cc(OC)cc(OCC(=O)N(Cc2ccccc2)[C@H](Cc2ccccc2)C(=O)NC(C)C)c1. The minimum Gasteiger partial charge on any atom is -0.496 e. The van der Waals surface area contributed by atoms with Crippen LogP contribution in [0.1, 0.15) is 25.0 Å². The van der Waals surface area contributed by atoms with Gasteiger partial charge in [0.05, 0.1) is 14.2 Å². The van der Waals surface area contributed by atoms with Crippen LogP contribution in [0.2, 0.25) is 0 Å². The third kappa shape index (κ3) is 7.77. The Balaban J connectivity index is 1.89. The maximum Gasteiger partial charge on any atom is 0.261 e. The van der Waals surface area contributed by atoms with Crippen LogP contribution in [0.15, 0.2) is 78.9 Å². The van der Waals surface area contributed by atoms with Crippen LogP contribution in [0.3, 0.4) is 0 Å². The zero-order valence-electron chi connectivity index (χ0n) is 21.3. The van der Waals surface area contributed by atoms with E-state index in [2.05, 4.69) is 5.32 Å². The predicted octanol–water partition coefficient (Wildman–Crippen LogP) is 4.25. The molecule has 1 N–H and O–H groups in total. The van der Waals surface area contributed by atoms with E-state index in [-0.39, 0.29) is 31.0 Å². The van der Waals surface area contributed by atoms with Crippen molar-refractivity contribution in [1.82, 2.24) is 10.2 Å². The zero-order chi connectivity index (χ0) is 25.9. The van der Waals surface area contributed by atoms with Gasteiger partial charge in [-0.3, -0.25) is 9.59 Å². The molecule has 0 spiro atoms. The molecule has 0 saturated carbocycles. The van der Waals surface area contributed by atoms with Gasteiger partial charge < -0.3 is 24.4 Å². The van der Waals surface area contributed by atoms with Crippen LogP contribution in [-0.2, 0) is 22.6 Å². The van der Waals surface area contributed by atoms with Crippen molar-refractivity contribution in [2.75, 3.05) is 20.8 Å². The van der Waals surface area contributed by atoms with Gasteiger partial charge in [-0.25, -0.2) is 0 Å². The lowest BCUT2D eigenvalue weighted by atomic mass is 10.0. The third-order valence-electron chi connectivity index (χ3n) is 5.59. The summed E-state index contributed by atoms with van der Waals surface area (Å²) >= 11 is 0. The fourth-order valence-corrected chi connectivity index (χ4v) is 3.81. The smallest absolute Gasteiger partial charge is 0.261 e. The van der Waals surface area contributed by atoms with Crippen molar-refractivity contribution >= 4 is 11.8 Å². The Labute approximate surface area is 213 Å². The first-order valence-corrected chi connectivity index (χ1v) is 11.9. The van der Waals surface area contributed by atoms with E-state index < -0.39 is 6.04 Å². The molecule has 0 fully saturated rings. The summed E-state index contributed by atoms with van der Waals surface area (Å²) in [6.07, 6.45) is 0.380. The highest BCUT2D eigenvalue weighted by atomic mass is 16.5. The number of ether oxygens (including phenoxy) is 3. The summed E-state index contributed by atoms with van der Waals surface area (Å²) in [6, 6.07) is 23.6. The number of methoxy groups -OCH3 is 2. The Morgan fingerprint density at radius 2 is 1.33 bits per heavy atom. The molecular formula is C29H34N2O5. The van der Waals surface area contributed by atoms with E-state index in [0.717, 1.165) is 11.1 Å². The van der Waals surface area contributed by atoms with Gasteiger partial charge in [-0.1, -0.05) is 60.7 Å². The number of rotatable bonds is 12. The number of benzene rings is 3. The van der Waals surface area contributed by atoms with Gasteiger partial charge in [0, 0.05) is 37.2 Å². The molecule has 0 radical (unpaired) electrons. The van der Waals surface area contributed by atoms with Crippen LogP contribution < -0.4 is 19.5 Å². The first kappa shape index (κ1) is 26.6. The molecule has 1 atom stereocenters. The second kappa shape index (κ2) is 13.2. The summed E-state index contributed by atoms with van der Waals surface area (Å²) in [5.41, 5.74) is 1.88. The van der Waals surface area contributed by atoms with Gasteiger partial charge >= 0.3 is 0 Å². The standard InChI is InChI=1S/C29H34N2O5/c1-21(2)30-29(33)27(15-22-11-7-5-8-12-22)31(19-23-13-9-6-10-14-23)28(32)20-36-26-17-24(34-3)16-25(18-26)35-4/h5-14,16-18,21,27H,15,19-20H2,1-4H3,(H,30,33)/t27-/m1/s1. The number of amides is 2. The van der Waals surface area contributed by atoms with Gasteiger partial charge in [-0.05, 0) is 25.0 Å². The van der Waals surface area contributed by atoms with E-state index in [9.17, 15) is 9.59 Å². The molecule has 190 valence electrons. The molecule has 0 aliphatic rings. The van der Waals surface area contributed by atoms with Crippen LogP contribution in [-0.4, -0.2) is 49.6 Å². The molecule has 3 aromatic carbocycles. The van der Waals surface area contributed by atoms with Crippen molar-refractivity contribution in [1.29, 1.82) is 0 Å². The highest BCUT2D eigenvalue weighted by Crippen LogP contribution is 2.27. The molecule has 3 aromatic rings. The van der Waals surface area contributed by atoms with Crippen molar-refractivity contribution < 1.29 is 23.8 Å². The molecule has 3 rings (SSSR count). The second-order valence-corrected chi connectivity index (χ2v) is 8.71. The van der Waals surface area contributed by atoms with Crippen LogP contribution in [0.25, 0.3) is 0 Å². The van der Waals surface area contributed by atoms with Gasteiger partial charge in [0.15, 0.2) is 6.61 Å². The molecule has 0 aliphatic carbocycles. The van der Waals surface area contributed by atoms with E-state index in [4.69, 9.17) is 14.2 Å². The summed E-state index contributed by atoms with van der Waals surface area (Å²) in [4.78, 5) is 28.6. The maximum absolute atomic E-state index is 13.6. The quantitative estimate of drug-likeness (QED) is 0.411. The molecule has 7 nitrogen and oxygen atoms in total. The van der Waals surface area contributed by atoms with Crippen LogP contribution in [0.5, 0.6) is 17.2 Å². The first-order chi connectivity index (χ1) is 17.4. The van der Waals surface area contributed by atoms with Crippen LogP contribution >= 0.6 is 0 Å². The molecule has 36 heavy (non-hydrogen) atoms. The van der Waals surface area contributed by atoms with Crippen molar-refractivity contribution in [3.63, 3.8) is 0 Å². The maximum atomic E-state index is 13.6. The summed E-state index contributed by atoms with van der Waals surface area (Å²) in [5, 5.41) is 2.98. The lowest BCUT2D eigenvalue weighted by Crippen LogP contribution is -2.52.